The van der Waals surface area contributed by atoms with E-state index in [2.05, 4.69) is 34.8 Å². The van der Waals surface area contributed by atoms with Gasteiger partial charge in [0.05, 0.1) is 5.39 Å². The second kappa shape index (κ2) is 5.66. The summed E-state index contributed by atoms with van der Waals surface area (Å²) in [6.45, 7) is 5.16. The third kappa shape index (κ3) is 2.29. The van der Waals surface area contributed by atoms with Crippen molar-refractivity contribution in [3.05, 3.63) is 17.3 Å². The summed E-state index contributed by atoms with van der Waals surface area (Å²) in [5.74, 6) is 1.08. The maximum atomic E-state index is 5.99. The van der Waals surface area contributed by atoms with Gasteiger partial charge in [0, 0.05) is 23.5 Å². The van der Waals surface area contributed by atoms with Crippen molar-refractivity contribution in [3.63, 3.8) is 0 Å². The number of nitrogens with two attached hydrogens (primary N) is 1. The van der Waals surface area contributed by atoms with E-state index in [0.29, 0.717) is 18.6 Å². The van der Waals surface area contributed by atoms with Gasteiger partial charge in [-0.1, -0.05) is 6.92 Å². The highest BCUT2D eigenvalue weighted by atomic mass is 32.1. The first-order valence-electron chi connectivity index (χ1n) is 7.46. The van der Waals surface area contributed by atoms with E-state index in [4.69, 9.17) is 5.73 Å². The number of aromatic nitrogens is 2. The quantitative estimate of drug-likeness (QED) is 0.944. The van der Waals surface area contributed by atoms with Crippen molar-refractivity contribution >= 4 is 27.4 Å². The minimum Gasteiger partial charge on any atom is -0.349 e. The Hall–Kier alpha value is -1.20. The van der Waals surface area contributed by atoms with Gasteiger partial charge in [-0.05, 0) is 38.7 Å². The van der Waals surface area contributed by atoms with E-state index in [1.54, 1.807) is 17.7 Å². The topological polar surface area (TPSA) is 55.0 Å². The van der Waals surface area contributed by atoms with Crippen LogP contribution in [0.25, 0.3) is 10.2 Å². The number of aryl methyl sites for hydroxylation is 1. The van der Waals surface area contributed by atoms with Crippen LogP contribution in [0, 0.1) is 0 Å². The zero-order valence-corrected chi connectivity index (χ0v) is 13.0. The number of hydrogen-bond donors (Lipinski definition) is 1. The van der Waals surface area contributed by atoms with Crippen LogP contribution >= 0.6 is 11.3 Å². The van der Waals surface area contributed by atoms with E-state index in [9.17, 15) is 0 Å². The number of rotatable bonds is 3. The van der Waals surface area contributed by atoms with Gasteiger partial charge in [0.2, 0.25) is 0 Å². The molecule has 2 aromatic heterocycles. The maximum Gasteiger partial charge on any atom is 0.141 e. The van der Waals surface area contributed by atoms with Crippen LogP contribution < -0.4 is 10.6 Å². The lowest BCUT2D eigenvalue weighted by atomic mass is 9.96. The van der Waals surface area contributed by atoms with Crippen LogP contribution in [0.15, 0.2) is 12.4 Å². The highest BCUT2D eigenvalue weighted by Gasteiger charge is 2.29. The first-order chi connectivity index (χ1) is 9.74. The molecule has 4 nitrogen and oxygen atoms in total. The van der Waals surface area contributed by atoms with E-state index in [0.717, 1.165) is 23.5 Å². The molecular weight excluding hydrogens is 268 g/mol. The van der Waals surface area contributed by atoms with Crippen LogP contribution in [-0.4, -0.2) is 28.6 Å². The van der Waals surface area contributed by atoms with Gasteiger partial charge >= 0.3 is 0 Å². The highest BCUT2D eigenvalue weighted by molar-refractivity contribution is 7.18. The summed E-state index contributed by atoms with van der Waals surface area (Å²) in [5, 5.41) is 1.20. The predicted octanol–water partition coefficient (Wildman–Crippen LogP) is 2.96. The standard InChI is InChI=1S/C15H22N4S/c1-3-12-7-13-14(17-9-18-15(13)20-12)19-10(2)5-4-6-11(19)8-16/h7,9-11H,3-6,8,16H2,1-2H3. The fraction of sp³-hybridized carbons (Fsp3) is 0.600. The Morgan fingerprint density at radius 1 is 1.40 bits per heavy atom. The zero-order valence-electron chi connectivity index (χ0n) is 12.2. The minimum absolute atomic E-state index is 0.404. The Labute approximate surface area is 124 Å². The molecule has 3 heterocycles. The molecule has 0 aromatic carbocycles. The molecule has 20 heavy (non-hydrogen) atoms. The second-order valence-corrected chi connectivity index (χ2v) is 6.67. The fourth-order valence-electron chi connectivity index (χ4n) is 3.17. The Morgan fingerprint density at radius 2 is 2.25 bits per heavy atom. The molecule has 1 fully saturated rings. The monoisotopic (exact) mass is 290 g/mol. The van der Waals surface area contributed by atoms with Gasteiger partial charge in [-0.25, -0.2) is 9.97 Å². The smallest absolute Gasteiger partial charge is 0.141 e. The molecule has 0 radical (unpaired) electrons. The fourth-order valence-corrected chi connectivity index (χ4v) is 4.10. The van der Waals surface area contributed by atoms with Crippen molar-refractivity contribution in [2.45, 2.75) is 51.6 Å². The first kappa shape index (κ1) is 13.8. The number of fused-ring (bicyclic) bond motifs is 1. The SMILES string of the molecule is CCc1cc2c(N3C(C)CCCC3CN)ncnc2s1. The first-order valence-corrected chi connectivity index (χ1v) is 8.28. The molecule has 3 rings (SSSR count). The highest BCUT2D eigenvalue weighted by Crippen LogP contribution is 2.35. The third-order valence-corrected chi connectivity index (χ3v) is 5.44. The molecule has 2 aromatic rings. The molecule has 2 unspecified atom stereocenters. The van der Waals surface area contributed by atoms with Crippen molar-refractivity contribution < 1.29 is 0 Å². The average Bonchev–Trinajstić information content (AvgIpc) is 2.90. The van der Waals surface area contributed by atoms with E-state index in [1.165, 1.54) is 23.1 Å². The van der Waals surface area contributed by atoms with Crippen molar-refractivity contribution in [2.75, 3.05) is 11.4 Å². The lowest BCUT2D eigenvalue weighted by Crippen LogP contribution is -2.49. The second-order valence-electron chi connectivity index (χ2n) is 5.56. The maximum absolute atomic E-state index is 5.99. The molecule has 0 amide bonds. The summed E-state index contributed by atoms with van der Waals surface area (Å²) in [4.78, 5) is 13.9. The molecule has 5 heteroatoms. The summed E-state index contributed by atoms with van der Waals surface area (Å²) < 4.78 is 0. The van der Waals surface area contributed by atoms with Gasteiger partial charge in [0.1, 0.15) is 17.0 Å². The summed E-state index contributed by atoms with van der Waals surface area (Å²) in [6, 6.07) is 3.16. The van der Waals surface area contributed by atoms with Crippen LogP contribution in [-0.2, 0) is 6.42 Å². The van der Waals surface area contributed by atoms with Crippen LogP contribution in [0.3, 0.4) is 0 Å². The third-order valence-electron chi connectivity index (χ3n) is 4.25. The van der Waals surface area contributed by atoms with Gasteiger partial charge in [0.15, 0.2) is 0 Å². The molecule has 0 saturated carbocycles. The molecular formula is C15H22N4S. The number of nitrogens with zero attached hydrogens (tertiary/aromatic N) is 3. The van der Waals surface area contributed by atoms with Crippen LogP contribution in [0.4, 0.5) is 5.82 Å². The van der Waals surface area contributed by atoms with Gasteiger partial charge in [-0.3, -0.25) is 0 Å². The molecule has 2 N–H and O–H groups in total. The van der Waals surface area contributed by atoms with Gasteiger partial charge in [-0.2, -0.15) is 0 Å². The Kier molecular flexibility index (Phi) is 3.89. The van der Waals surface area contributed by atoms with E-state index < -0.39 is 0 Å². The molecule has 0 bridgehead atoms. The van der Waals surface area contributed by atoms with Gasteiger partial charge < -0.3 is 10.6 Å². The van der Waals surface area contributed by atoms with Gasteiger partial charge in [0.25, 0.3) is 0 Å². The van der Waals surface area contributed by atoms with Crippen molar-refractivity contribution in [2.24, 2.45) is 5.73 Å². The average molecular weight is 290 g/mol. The van der Waals surface area contributed by atoms with Crippen molar-refractivity contribution in [1.82, 2.24) is 9.97 Å². The van der Waals surface area contributed by atoms with E-state index >= 15 is 0 Å². The normalized spacial score (nSPS) is 23.4. The lowest BCUT2D eigenvalue weighted by molar-refractivity contribution is 0.398. The summed E-state index contributed by atoms with van der Waals surface area (Å²) in [7, 11) is 0. The van der Waals surface area contributed by atoms with Gasteiger partial charge in [-0.15, -0.1) is 11.3 Å². The molecule has 108 valence electrons. The number of hydrogen-bond acceptors (Lipinski definition) is 5. The Bertz CT molecular complexity index is 595. The minimum atomic E-state index is 0.404. The molecule has 0 spiro atoms. The molecule has 1 aliphatic rings. The predicted molar refractivity (Wildman–Crippen MR) is 85.4 cm³/mol. The number of piperidine rings is 1. The zero-order chi connectivity index (χ0) is 14.1. The van der Waals surface area contributed by atoms with E-state index in [-0.39, 0.29) is 0 Å². The number of anilines is 1. The summed E-state index contributed by atoms with van der Waals surface area (Å²) in [6.07, 6.45) is 6.39. The van der Waals surface area contributed by atoms with Crippen molar-refractivity contribution in [1.29, 1.82) is 0 Å². The van der Waals surface area contributed by atoms with Crippen LogP contribution in [0.5, 0.6) is 0 Å². The lowest BCUT2D eigenvalue weighted by Gasteiger charge is -2.41. The Balaban J connectivity index is 2.09. The van der Waals surface area contributed by atoms with E-state index in [1.807, 2.05) is 0 Å². The van der Waals surface area contributed by atoms with Crippen molar-refractivity contribution in [3.8, 4) is 0 Å². The number of thiophene rings is 1. The molecule has 0 aliphatic carbocycles. The summed E-state index contributed by atoms with van der Waals surface area (Å²) in [5.41, 5.74) is 5.99. The van der Waals surface area contributed by atoms with Crippen LogP contribution in [0.2, 0.25) is 0 Å². The molecule has 1 saturated heterocycles. The summed E-state index contributed by atoms with van der Waals surface area (Å²) >= 11 is 1.78. The molecule has 1 aliphatic heterocycles. The largest absolute Gasteiger partial charge is 0.349 e. The van der Waals surface area contributed by atoms with Crippen LogP contribution in [0.1, 0.15) is 38.0 Å². The molecule has 2 atom stereocenters. The Morgan fingerprint density at radius 3 is 3.00 bits per heavy atom.